The van der Waals surface area contributed by atoms with Gasteiger partial charge < -0.3 is 4.98 Å². The first-order valence-electron chi connectivity index (χ1n) is 7.18. The highest BCUT2D eigenvalue weighted by Crippen LogP contribution is 2.28. The lowest BCUT2D eigenvalue weighted by atomic mass is 10.0. The SMILES string of the molecule is O=S(=O)(CCCF)Nc1ccc(-c2ccnc3[nH]ccc23)cc1. The van der Waals surface area contributed by atoms with Gasteiger partial charge >= 0.3 is 0 Å². The highest BCUT2D eigenvalue weighted by atomic mass is 32.2. The second-order valence-electron chi connectivity index (χ2n) is 5.14. The molecule has 5 nitrogen and oxygen atoms in total. The minimum atomic E-state index is -3.50. The van der Waals surface area contributed by atoms with E-state index in [-0.39, 0.29) is 12.2 Å². The molecule has 2 aromatic heterocycles. The lowest BCUT2D eigenvalue weighted by Crippen LogP contribution is -2.16. The number of hydrogen-bond donors (Lipinski definition) is 2. The fourth-order valence-corrected chi connectivity index (χ4v) is 3.49. The number of nitrogens with one attached hydrogen (secondary N) is 2. The molecule has 0 bridgehead atoms. The van der Waals surface area contributed by atoms with Crippen LogP contribution in [0.25, 0.3) is 22.2 Å². The van der Waals surface area contributed by atoms with E-state index >= 15 is 0 Å². The van der Waals surface area contributed by atoms with E-state index in [0.29, 0.717) is 5.69 Å². The Balaban J connectivity index is 1.84. The molecule has 0 spiro atoms. The molecule has 0 radical (unpaired) electrons. The third-order valence-corrected chi connectivity index (χ3v) is 4.85. The molecule has 0 aliphatic rings. The van der Waals surface area contributed by atoms with Crippen LogP contribution in [0.4, 0.5) is 10.1 Å². The summed E-state index contributed by atoms with van der Waals surface area (Å²) < 4.78 is 38.1. The Bertz CT molecular complexity index is 904. The van der Waals surface area contributed by atoms with E-state index in [0.717, 1.165) is 22.2 Å². The maximum Gasteiger partial charge on any atom is 0.232 e. The fraction of sp³-hybridized carbons (Fsp3) is 0.188. The normalized spacial score (nSPS) is 11.7. The summed E-state index contributed by atoms with van der Waals surface area (Å²) >= 11 is 0. The first-order chi connectivity index (χ1) is 11.1. The van der Waals surface area contributed by atoms with Gasteiger partial charge in [0, 0.05) is 23.5 Å². The third kappa shape index (κ3) is 3.50. The monoisotopic (exact) mass is 333 g/mol. The Morgan fingerprint density at radius 2 is 1.91 bits per heavy atom. The highest BCUT2D eigenvalue weighted by Gasteiger charge is 2.10. The zero-order valence-electron chi connectivity index (χ0n) is 12.3. The number of hydrogen-bond acceptors (Lipinski definition) is 3. The van der Waals surface area contributed by atoms with Crippen molar-refractivity contribution in [3.63, 3.8) is 0 Å². The van der Waals surface area contributed by atoms with Gasteiger partial charge in [0.1, 0.15) is 5.65 Å². The molecule has 0 unspecified atom stereocenters. The van der Waals surface area contributed by atoms with Gasteiger partial charge in [0.05, 0.1) is 12.4 Å². The zero-order valence-corrected chi connectivity index (χ0v) is 13.1. The number of alkyl halides is 1. The molecule has 3 rings (SSSR count). The highest BCUT2D eigenvalue weighted by molar-refractivity contribution is 7.92. The van der Waals surface area contributed by atoms with Gasteiger partial charge in [-0.1, -0.05) is 12.1 Å². The number of anilines is 1. The Labute approximate surface area is 133 Å². The Kier molecular flexibility index (Phi) is 4.29. The molecule has 0 aliphatic carbocycles. The van der Waals surface area contributed by atoms with Gasteiger partial charge in [0.15, 0.2) is 0 Å². The molecule has 1 aromatic carbocycles. The number of halogens is 1. The summed E-state index contributed by atoms with van der Waals surface area (Å²) in [7, 11) is -3.50. The largest absolute Gasteiger partial charge is 0.346 e. The Morgan fingerprint density at radius 1 is 1.13 bits per heavy atom. The van der Waals surface area contributed by atoms with Gasteiger partial charge in [0.2, 0.25) is 10.0 Å². The number of sulfonamides is 1. The van der Waals surface area contributed by atoms with Crippen LogP contribution in [0.1, 0.15) is 6.42 Å². The summed E-state index contributed by atoms with van der Waals surface area (Å²) in [6, 6.07) is 10.9. The Hall–Kier alpha value is -2.41. The van der Waals surface area contributed by atoms with Crippen LogP contribution in [0.5, 0.6) is 0 Å². The van der Waals surface area contributed by atoms with Crippen LogP contribution in [-0.2, 0) is 10.0 Å². The number of rotatable bonds is 6. The van der Waals surface area contributed by atoms with Crippen LogP contribution in [0, 0.1) is 0 Å². The molecule has 0 saturated carbocycles. The average molecular weight is 333 g/mol. The molecule has 2 heterocycles. The summed E-state index contributed by atoms with van der Waals surface area (Å²) in [6.07, 6.45) is 3.55. The Morgan fingerprint density at radius 3 is 2.65 bits per heavy atom. The van der Waals surface area contributed by atoms with E-state index < -0.39 is 16.7 Å². The molecule has 0 amide bonds. The van der Waals surface area contributed by atoms with E-state index in [2.05, 4.69) is 14.7 Å². The van der Waals surface area contributed by atoms with Crippen LogP contribution >= 0.6 is 0 Å². The molecule has 7 heteroatoms. The van der Waals surface area contributed by atoms with Crippen LogP contribution in [-0.4, -0.2) is 30.8 Å². The number of nitrogens with zero attached hydrogens (tertiary/aromatic N) is 1. The fourth-order valence-electron chi connectivity index (χ4n) is 2.41. The molecular weight excluding hydrogens is 317 g/mol. The number of aromatic amines is 1. The number of H-pyrrole nitrogens is 1. The van der Waals surface area contributed by atoms with Crippen LogP contribution in [0.3, 0.4) is 0 Å². The van der Waals surface area contributed by atoms with Gasteiger partial charge in [-0.2, -0.15) is 0 Å². The van der Waals surface area contributed by atoms with Crippen molar-refractivity contribution in [2.45, 2.75) is 6.42 Å². The lowest BCUT2D eigenvalue weighted by molar-refractivity contribution is 0.484. The number of pyridine rings is 1. The van der Waals surface area contributed by atoms with Crippen LogP contribution in [0.2, 0.25) is 0 Å². The molecular formula is C16H16FN3O2S. The van der Waals surface area contributed by atoms with E-state index in [1.54, 1.807) is 18.3 Å². The van der Waals surface area contributed by atoms with Gasteiger partial charge in [0.25, 0.3) is 0 Å². The van der Waals surface area contributed by atoms with Gasteiger partial charge in [-0.15, -0.1) is 0 Å². The number of aromatic nitrogens is 2. The number of fused-ring (bicyclic) bond motifs is 1. The zero-order chi connectivity index (χ0) is 16.3. The van der Waals surface area contributed by atoms with Gasteiger partial charge in [-0.05, 0) is 41.8 Å². The molecule has 120 valence electrons. The minimum absolute atomic E-state index is 0.00406. The van der Waals surface area contributed by atoms with Gasteiger partial charge in [-0.25, -0.2) is 13.4 Å². The van der Waals surface area contributed by atoms with Crippen LogP contribution < -0.4 is 4.72 Å². The van der Waals surface area contributed by atoms with Crippen molar-refractivity contribution in [3.8, 4) is 11.1 Å². The van der Waals surface area contributed by atoms with E-state index in [4.69, 9.17) is 0 Å². The molecule has 0 saturated heterocycles. The topological polar surface area (TPSA) is 74.8 Å². The molecule has 2 N–H and O–H groups in total. The summed E-state index contributed by atoms with van der Waals surface area (Å²) in [5.74, 6) is -0.223. The molecule has 0 aliphatic heterocycles. The van der Waals surface area contributed by atoms with Crippen LogP contribution in [0.15, 0.2) is 48.8 Å². The molecule has 0 fully saturated rings. The van der Waals surface area contributed by atoms with Crippen molar-refractivity contribution in [3.05, 3.63) is 48.8 Å². The predicted molar refractivity (Wildman–Crippen MR) is 89.5 cm³/mol. The van der Waals surface area contributed by atoms with Crippen molar-refractivity contribution >= 4 is 26.7 Å². The molecule has 23 heavy (non-hydrogen) atoms. The minimum Gasteiger partial charge on any atom is -0.346 e. The van der Waals surface area contributed by atoms with Crippen molar-refractivity contribution < 1.29 is 12.8 Å². The lowest BCUT2D eigenvalue weighted by Gasteiger charge is -2.09. The quantitative estimate of drug-likeness (QED) is 0.726. The maximum atomic E-state index is 12.1. The van der Waals surface area contributed by atoms with Crippen molar-refractivity contribution in [1.82, 2.24) is 9.97 Å². The van der Waals surface area contributed by atoms with E-state index in [9.17, 15) is 12.8 Å². The third-order valence-electron chi connectivity index (χ3n) is 3.48. The summed E-state index contributed by atoms with van der Waals surface area (Å²) in [6.45, 7) is -0.644. The van der Waals surface area contributed by atoms with Gasteiger partial charge in [-0.3, -0.25) is 9.11 Å². The van der Waals surface area contributed by atoms with Crippen molar-refractivity contribution in [2.24, 2.45) is 0 Å². The smallest absolute Gasteiger partial charge is 0.232 e. The van der Waals surface area contributed by atoms with E-state index in [1.807, 2.05) is 30.5 Å². The first-order valence-corrected chi connectivity index (χ1v) is 8.83. The summed E-state index contributed by atoms with van der Waals surface area (Å²) in [4.78, 5) is 7.30. The second kappa shape index (κ2) is 6.37. The first kappa shape index (κ1) is 15.5. The second-order valence-corrected chi connectivity index (χ2v) is 6.98. The van der Waals surface area contributed by atoms with Crippen molar-refractivity contribution in [1.29, 1.82) is 0 Å². The molecule has 0 atom stereocenters. The van der Waals surface area contributed by atoms with E-state index in [1.165, 1.54) is 0 Å². The maximum absolute atomic E-state index is 12.1. The summed E-state index contributed by atoms with van der Waals surface area (Å²) in [5, 5.41) is 1.00. The molecule has 3 aromatic rings. The standard InChI is InChI=1S/C16H16FN3O2S/c17-8-1-11-23(21,22)20-13-4-2-12(3-5-13)14-6-9-18-16-15(14)7-10-19-16/h2-7,9-10,20H,1,8,11H2,(H,18,19). The number of benzene rings is 1. The average Bonchev–Trinajstić information content (AvgIpc) is 3.02. The van der Waals surface area contributed by atoms with Crippen molar-refractivity contribution in [2.75, 3.05) is 17.1 Å². The summed E-state index contributed by atoms with van der Waals surface area (Å²) in [5.41, 5.74) is 3.25. The predicted octanol–water partition coefficient (Wildman–Crippen LogP) is 3.33.